The Morgan fingerprint density at radius 3 is 2.54 bits per heavy atom. The lowest BCUT2D eigenvalue weighted by molar-refractivity contribution is -0.139. The zero-order valence-corrected chi connectivity index (χ0v) is 16.6. The molecular formula is C21H20N2O4S. The number of rotatable bonds is 5. The van der Waals surface area contributed by atoms with Crippen molar-refractivity contribution in [2.24, 2.45) is 4.99 Å². The second kappa shape index (κ2) is 8.31. The summed E-state index contributed by atoms with van der Waals surface area (Å²) in [6.45, 7) is 3.69. The number of thioether (sulfide) groups is 1. The van der Waals surface area contributed by atoms with Crippen LogP contribution >= 0.6 is 11.8 Å². The number of benzene rings is 2. The maximum atomic E-state index is 12.5. The van der Waals surface area contributed by atoms with Crippen molar-refractivity contribution < 1.29 is 19.4 Å². The molecular weight excluding hydrogens is 376 g/mol. The minimum Gasteiger partial charge on any atom is -0.482 e. The average molecular weight is 396 g/mol. The van der Waals surface area contributed by atoms with Crippen LogP contribution in [0.3, 0.4) is 0 Å². The van der Waals surface area contributed by atoms with Gasteiger partial charge in [0.05, 0.1) is 10.6 Å². The summed E-state index contributed by atoms with van der Waals surface area (Å²) in [5, 5.41) is 9.27. The molecule has 28 heavy (non-hydrogen) atoms. The van der Waals surface area contributed by atoms with Gasteiger partial charge in [-0.05, 0) is 72.6 Å². The van der Waals surface area contributed by atoms with E-state index < -0.39 is 12.6 Å². The Morgan fingerprint density at radius 2 is 1.89 bits per heavy atom. The van der Waals surface area contributed by atoms with Gasteiger partial charge in [-0.1, -0.05) is 18.2 Å². The number of carboxylic acid groups (broad SMARTS) is 1. The van der Waals surface area contributed by atoms with E-state index in [1.165, 1.54) is 22.2 Å². The van der Waals surface area contributed by atoms with Gasteiger partial charge in [-0.15, -0.1) is 0 Å². The number of likely N-dealkylation sites (N-methyl/N-ethyl adjacent to an activating group) is 1. The number of ether oxygens (including phenoxy) is 1. The van der Waals surface area contributed by atoms with Crippen LogP contribution in [0.4, 0.5) is 5.69 Å². The first-order valence-corrected chi connectivity index (χ1v) is 9.43. The lowest BCUT2D eigenvalue weighted by Crippen LogP contribution is -2.23. The van der Waals surface area contributed by atoms with Crippen molar-refractivity contribution in [2.75, 3.05) is 13.7 Å². The number of amidine groups is 1. The Labute approximate surface area is 167 Å². The molecule has 2 aromatic rings. The van der Waals surface area contributed by atoms with Crippen LogP contribution in [0.2, 0.25) is 0 Å². The fraction of sp³-hybridized carbons (Fsp3) is 0.190. The Hall–Kier alpha value is -3.06. The summed E-state index contributed by atoms with van der Waals surface area (Å²) in [5.41, 5.74) is 3.98. The summed E-state index contributed by atoms with van der Waals surface area (Å²) in [6.07, 6.45) is 1.79. The molecule has 7 heteroatoms. The second-order valence-corrected chi connectivity index (χ2v) is 7.40. The van der Waals surface area contributed by atoms with Crippen LogP contribution in [0, 0.1) is 13.8 Å². The highest BCUT2D eigenvalue weighted by Gasteiger charge is 2.30. The molecule has 0 radical (unpaired) electrons. The molecule has 0 bridgehead atoms. The minimum atomic E-state index is -1.03. The SMILES string of the molecule is Cc1ccc(N=C2SC(=Cc3ccc(OCC(=O)O)cc3)C(=O)N2C)cc1C. The largest absolute Gasteiger partial charge is 0.482 e. The normalized spacial score (nSPS) is 16.8. The third-order valence-corrected chi connectivity index (χ3v) is 5.32. The molecule has 1 aliphatic heterocycles. The fourth-order valence-corrected chi connectivity index (χ4v) is 3.50. The van der Waals surface area contributed by atoms with Crippen molar-refractivity contribution >= 4 is 40.6 Å². The van der Waals surface area contributed by atoms with Crippen LogP contribution in [0.1, 0.15) is 16.7 Å². The van der Waals surface area contributed by atoms with E-state index in [-0.39, 0.29) is 5.91 Å². The van der Waals surface area contributed by atoms with Gasteiger partial charge in [0, 0.05) is 7.05 Å². The molecule has 1 N–H and O–H groups in total. The van der Waals surface area contributed by atoms with Crippen molar-refractivity contribution in [1.82, 2.24) is 4.90 Å². The second-order valence-electron chi connectivity index (χ2n) is 6.39. The number of nitrogens with zero attached hydrogens (tertiary/aromatic N) is 2. The fourth-order valence-electron chi connectivity index (χ4n) is 2.51. The van der Waals surface area contributed by atoms with E-state index >= 15 is 0 Å². The van der Waals surface area contributed by atoms with Gasteiger partial charge >= 0.3 is 5.97 Å². The first-order valence-electron chi connectivity index (χ1n) is 8.61. The van der Waals surface area contributed by atoms with Crippen LogP contribution in [-0.2, 0) is 9.59 Å². The predicted octanol–water partition coefficient (Wildman–Crippen LogP) is 4.00. The van der Waals surface area contributed by atoms with Crippen molar-refractivity contribution in [3.05, 3.63) is 64.1 Å². The van der Waals surface area contributed by atoms with Gasteiger partial charge in [0.25, 0.3) is 5.91 Å². The Kier molecular flexibility index (Phi) is 5.84. The van der Waals surface area contributed by atoms with Crippen LogP contribution in [-0.4, -0.2) is 40.7 Å². The maximum absolute atomic E-state index is 12.5. The van der Waals surface area contributed by atoms with Gasteiger partial charge in [0.15, 0.2) is 11.8 Å². The number of aliphatic imine (C=N–C) groups is 1. The monoisotopic (exact) mass is 396 g/mol. The molecule has 3 rings (SSSR count). The summed E-state index contributed by atoms with van der Waals surface area (Å²) >= 11 is 1.32. The third-order valence-electron chi connectivity index (χ3n) is 4.26. The van der Waals surface area contributed by atoms with E-state index in [0.29, 0.717) is 15.8 Å². The van der Waals surface area contributed by atoms with Gasteiger partial charge in [-0.2, -0.15) is 0 Å². The van der Waals surface area contributed by atoms with E-state index in [2.05, 4.69) is 4.99 Å². The number of hydrogen-bond donors (Lipinski definition) is 1. The Balaban J connectivity index is 1.77. The van der Waals surface area contributed by atoms with Gasteiger partial charge in [0.2, 0.25) is 0 Å². The molecule has 1 aliphatic rings. The van der Waals surface area contributed by atoms with E-state index in [9.17, 15) is 9.59 Å². The highest BCUT2D eigenvalue weighted by molar-refractivity contribution is 8.18. The minimum absolute atomic E-state index is 0.112. The van der Waals surface area contributed by atoms with E-state index in [0.717, 1.165) is 16.8 Å². The average Bonchev–Trinajstić information content (AvgIpc) is 2.92. The molecule has 0 spiro atoms. The summed E-state index contributed by atoms with van der Waals surface area (Å²) in [7, 11) is 1.71. The number of hydrogen-bond acceptors (Lipinski definition) is 5. The van der Waals surface area contributed by atoms with Crippen LogP contribution < -0.4 is 4.74 Å². The summed E-state index contributed by atoms with van der Waals surface area (Å²) in [5.74, 6) is -0.680. The number of carboxylic acids is 1. The molecule has 0 aromatic heterocycles. The van der Waals surface area contributed by atoms with E-state index in [1.807, 2.05) is 32.0 Å². The molecule has 0 saturated carbocycles. The Bertz CT molecular complexity index is 980. The quantitative estimate of drug-likeness (QED) is 0.773. The summed E-state index contributed by atoms with van der Waals surface area (Å²) in [6, 6.07) is 12.8. The molecule has 1 saturated heterocycles. The zero-order chi connectivity index (χ0) is 20.3. The predicted molar refractivity (Wildman–Crippen MR) is 111 cm³/mol. The first kappa shape index (κ1) is 19.7. The first-order chi connectivity index (χ1) is 13.3. The van der Waals surface area contributed by atoms with Crippen molar-refractivity contribution in [3.8, 4) is 5.75 Å². The van der Waals surface area contributed by atoms with Crippen molar-refractivity contribution in [1.29, 1.82) is 0 Å². The van der Waals surface area contributed by atoms with Gasteiger partial charge in [-0.3, -0.25) is 9.69 Å². The molecule has 1 fully saturated rings. The molecule has 1 heterocycles. The molecule has 2 aromatic carbocycles. The number of amides is 1. The third kappa shape index (κ3) is 4.61. The molecule has 0 atom stereocenters. The molecule has 6 nitrogen and oxygen atoms in total. The highest BCUT2D eigenvalue weighted by atomic mass is 32.2. The van der Waals surface area contributed by atoms with E-state index in [1.54, 1.807) is 37.4 Å². The van der Waals surface area contributed by atoms with Crippen LogP contribution in [0.25, 0.3) is 6.08 Å². The van der Waals surface area contributed by atoms with Gasteiger partial charge in [0.1, 0.15) is 5.75 Å². The lowest BCUT2D eigenvalue weighted by atomic mass is 10.1. The number of carbonyl (C=O) groups is 2. The van der Waals surface area contributed by atoms with Crippen LogP contribution in [0.5, 0.6) is 5.75 Å². The van der Waals surface area contributed by atoms with E-state index in [4.69, 9.17) is 9.84 Å². The smallest absolute Gasteiger partial charge is 0.341 e. The highest BCUT2D eigenvalue weighted by Crippen LogP contribution is 2.33. The number of carbonyl (C=O) groups excluding carboxylic acids is 1. The molecule has 1 amide bonds. The summed E-state index contributed by atoms with van der Waals surface area (Å²) in [4.78, 5) is 29.8. The van der Waals surface area contributed by atoms with Gasteiger partial charge < -0.3 is 9.84 Å². The molecule has 0 unspecified atom stereocenters. The molecule has 144 valence electrons. The standard InChI is InChI=1S/C21H20N2O4S/c1-13-4-7-16(10-14(13)2)22-21-23(3)20(26)18(28-21)11-15-5-8-17(9-6-15)27-12-19(24)25/h4-11H,12H2,1-3H3,(H,24,25). The topological polar surface area (TPSA) is 79.2 Å². The number of aryl methyl sites for hydroxylation is 2. The zero-order valence-electron chi connectivity index (χ0n) is 15.8. The van der Waals surface area contributed by atoms with Crippen molar-refractivity contribution in [2.45, 2.75) is 13.8 Å². The maximum Gasteiger partial charge on any atom is 0.341 e. The lowest BCUT2D eigenvalue weighted by Gasteiger charge is -2.08. The molecule has 0 aliphatic carbocycles. The Morgan fingerprint density at radius 1 is 1.18 bits per heavy atom. The van der Waals surface area contributed by atoms with Crippen LogP contribution in [0.15, 0.2) is 52.4 Å². The van der Waals surface area contributed by atoms with Gasteiger partial charge in [-0.25, -0.2) is 9.79 Å². The number of aliphatic carboxylic acids is 1. The van der Waals surface area contributed by atoms with Crippen molar-refractivity contribution in [3.63, 3.8) is 0 Å². The summed E-state index contributed by atoms with van der Waals surface area (Å²) < 4.78 is 5.11.